The van der Waals surface area contributed by atoms with Crippen LogP contribution in [0.3, 0.4) is 0 Å². The minimum atomic E-state index is -4.70. The fraction of sp³-hybridized carbons (Fsp3) is 0.154. The van der Waals surface area contributed by atoms with Crippen molar-refractivity contribution in [2.45, 2.75) is 12.8 Å². The topological polar surface area (TPSA) is 64.1 Å². The number of ether oxygens (including phenoxy) is 1. The van der Waals surface area contributed by atoms with Gasteiger partial charge < -0.3 is 4.74 Å². The van der Waals surface area contributed by atoms with Gasteiger partial charge in [0.05, 0.1) is 0 Å². The van der Waals surface area contributed by atoms with E-state index in [-0.39, 0.29) is 6.61 Å². The quantitative estimate of drug-likeness (QED) is 0.866. The molecule has 5 nitrogen and oxygen atoms in total. The molecule has 0 fully saturated rings. The minimum absolute atomic E-state index is 0.0423. The maximum atomic E-state index is 12.6. The number of aromatic nitrogens is 2. The third kappa shape index (κ3) is 4.59. The van der Waals surface area contributed by atoms with Gasteiger partial charge in [-0.3, -0.25) is 5.32 Å². The van der Waals surface area contributed by atoms with E-state index in [0.29, 0.717) is 6.07 Å². The van der Waals surface area contributed by atoms with Crippen LogP contribution >= 0.6 is 11.6 Å². The van der Waals surface area contributed by atoms with Crippen molar-refractivity contribution in [1.82, 2.24) is 9.97 Å². The average molecular weight is 332 g/mol. The van der Waals surface area contributed by atoms with Gasteiger partial charge in [0.15, 0.2) is 5.69 Å². The third-order valence-corrected chi connectivity index (χ3v) is 2.61. The van der Waals surface area contributed by atoms with Crippen molar-refractivity contribution < 1.29 is 22.7 Å². The number of nitrogens with one attached hydrogen (secondary N) is 1. The number of rotatable bonds is 3. The van der Waals surface area contributed by atoms with Gasteiger partial charge in [0.1, 0.15) is 11.8 Å². The molecule has 0 atom stereocenters. The molecule has 0 aliphatic heterocycles. The van der Waals surface area contributed by atoms with E-state index in [2.05, 4.69) is 9.97 Å². The van der Waals surface area contributed by atoms with E-state index in [0.717, 1.165) is 5.56 Å². The van der Waals surface area contributed by atoms with Crippen LogP contribution in [-0.2, 0) is 17.5 Å². The predicted molar refractivity (Wildman–Crippen MR) is 72.3 cm³/mol. The Morgan fingerprint density at radius 1 is 1.23 bits per heavy atom. The van der Waals surface area contributed by atoms with E-state index < -0.39 is 29.1 Å². The lowest BCUT2D eigenvalue weighted by Crippen LogP contribution is -2.18. The normalized spacial score (nSPS) is 11.1. The van der Waals surface area contributed by atoms with Gasteiger partial charge in [0.2, 0.25) is 5.95 Å². The van der Waals surface area contributed by atoms with Crippen molar-refractivity contribution in [1.29, 1.82) is 0 Å². The van der Waals surface area contributed by atoms with E-state index in [1.54, 1.807) is 30.3 Å². The van der Waals surface area contributed by atoms with Gasteiger partial charge >= 0.3 is 12.3 Å². The molecule has 1 aromatic carbocycles. The second-order valence-corrected chi connectivity index (χ2v) is 4.47. The number of carbonyl (C=O) groups is 1. The highest BCUT2D eigenvalue weighted by Crippen LogP contribution is 2.29. The van der Waals surface area contributed by atoms with Crippen LogP contribution in [0.2, 0.25) is 5.15 Å². The highest BCUT2D eigenvalue weighted by atomic mass is 35.5. The van der Waals surface area contributed by atoms with Gasteiger partial charge in [-0.05, 0) is 5.56 Å². The predicted octanol–water partition coefficient (Wildman–Crippen LogP) is 3.90. The zero-order valence-electron chi connectivity index (χ0n) is 10.9. The average Bonchev–Trinajstić information content (AvgIpc) is 2.45. The summed E-state index contributed by atoms with van der Waals surface area (Å²) in [4.78, 5) is 18.2. The molecule has 22 heavy (non-hydrogen) atoms. The second-order valence-electron chi connectivity index (χ2n) is 4.08. The van der Waals surface area contributed by atoms with Gasteiger partial charge in [-0.25, -0.2) is 14.8 Å². The molecule has 1 amide bonds. The van der Waals surface area contributed by atoms with Crippen LogP contribution in [0.15, 0.2) is 36.4 Å². The SMILES string of the molecule is O=C(Nc1nc(Cl)cc(C(F)(F)F)n1)OCc1ccccc1. The lowest BCUT2D eigenvalue weighted by molar-refractivity contribution is -0.141. The molecule has 0 bridgehead atoms. The van der Waals surface area contributed by atoms with Crippen LogP contribution in [0.1, 0.15) is 11.3 Å². The Morgan fingerprint density at radius 2 is 1.91 bits per heavy atom. The first-order valence-corrected chi connectivity index (χ1v) is 6.32. The van der Waals surface area contributed by atoms with E-state index in [9.17, 15) is 18.0 Å². The number of carbonyl (C=O) groups excluding carboxylic acids is 1. The monoisotopic (exact) mass is 331 g/mol. The summed E-state index contributed by atoms with van der Waals surface area (Å²) >= 11 is 5.47. The Bertz CT molecular complexity index is 665. The Kier molecular flexibility index (Phi) is 4.81. The van der Waals surface area contributed by atoms with Gasteiger partial charge in [-0.15, -0.1) is 0 Å². The van der Waals surface area contributed by atoms with Crippen molar-refractivity contribution in [3.63, 3.8) is 0 Å². The number of anilines is 1. The molecular weight excluding hydrogens is 323 g/mol. The van der Waals surface area contributed by atoms with Gasteiger partial charge in [-0.1, -0.05) is 41.9 Å². The van der Waals surface area contributed by atoms with Crippen molar-refractivity contribution >= 4 is 23.6 Å². The van der Waals surface area contributed by atoms with E-state index in [1.807, 2.05) is 5.32 Å². The second kappa shape index (κ2) is 6.61. The first kappa shape index (κ1) is 16.0. The summed E-state index contributed by atoms with van der Waals surface area (Å²) in [7, 11) is 0. The highest BCUT2D eigenvalue weighted by molar-refractivity contribution is 6.29. The number of benzene rings is 1. The molecule has 2 aromatic rings. The summed E-state index contributed by atoms with van der Waals surface area (Å²) in [5.41, 5.74) is -0.536. The highest BCUT2D eigenvalue weighted by Gasteiger charge is 2.33. The first-order chi connectivity index (χ1) is 10.3. The number of amides is 1. The molecule has 116 valence electrons. The van der Waals surface area contributed by atoms with Crippen molar-refractivity contribution in [2.75, 3.05) is 5.32 Å². The first-order valence-electron chi connectivity index (χ1n) is 5.94. The molecule has 0 spiro atoms. The molecule has 0 aliphatic carbocycles. The Balaban J connectivity index is 2.01. The molecule has 0 unspecified atom stereocenters. The van der Waals surface area contributed by atoms with Gasteiger partial charge in [0, 0.05) is 6.07 Å². The molecule has 1 heterocycles. The van der Waals surface area contributed by atoms with Crippen LogP contribution in [0.4, 0.5) is 23.9 Å². The summed E-state index contributed by atoms with van der Waals surface area (Å²) in [5, 5.41) is 1.55. The fourth-order valence-corrected chi connectivity index (χ4v) is 1.65. The molecule has 1 N–H and O–H groups in total. The Hall–Kier alpha value is -2.35. The van der Waals surface area contributed by atoms with Crippen molar-refractivity contribution in [2.24, 2.45) is 0 Å². The zero-order valence-corrected chi connectivity index (χ0v) is 11.6. The van der Waals surface area contributed by atoms with Crippen LogP contribution in [0, 0.1) is 0 Å². The Morgan fingerprint density at radius 3 is 2.55 bits per heavy atom. The van der Waals surface area contributed by atoms with Gasteiger partial charge in [-0.2, -0.15) is 13.2 Å². The molecule has 1 aromatic heterocycles. The number of halogens is 4. The van der Waals surface area contributed by atoms with E-state index >= 15 is 0 Å². The molecule has 2 rings (SSSR count). The largest absolute Gasteiger partial charge is 0.444 e. The molecule has 0 saturated carbocycles. The molecule has 0 radical (unpaired) electrons. The van der Waals surface area contributed by atoms with E-state index in [1.165, 1.54) is 0 Å². The zero-order chi connectivity index (χ0) is 16.2. The summed E-state index contributed by atoms with van der Waals surface area (Å²) in [6, 6.07) is 9.32. The summed E-state index contributed by atoms with van der Waals surface area (Å²) in [6.07, 6.45) is -5.68. The number of nitrogens with zero attached hydrogens (tertiary/aromatic N) is 2. The fourth-order valence-electron chi connectivity index (χ4n) is 1.47. The maximum Gasteiger partial charge on any atom is 0.433 e. The lowest BCUT2D eigenvalue weighted by Gasteiger charge is -2.09. The smallest absolute Gasteiger partial charge is 0.433 e. The molecule has 0 saturated heterocycles. The van der Waals surface area contributed by atoms with Crippen LogP contribution in [0.5, 0.6) is 0 Å². The summed E-state index contributed by atoms with van der Waals surface area (Å²) in [6.45, 7) is -0.0423. The lowest BCUT2D eigenvalue weighted by atomic mass is 10.2. The number of hydrogen-bond donors (Lipinski definition) is 1. The van der Waals surface area contributed by atoms with Crippen LogP contribution < -0.4 is 5.32 Å². The summed E-state index contributed by atoms with van der Waals surface area (Å²) in [5.74, 6) is -0.585. The van der Waals surface area contributed by atoms with E-state index in [4.69, 9.17) is 16.3 Å². The molecular formula is C13H9ClF3N3O2. The molecule has 0 aliphatic rings. The van der Waals surface area contributed by atoms with Crippen molar-refractivity contribution in [3.8, 4) is 0 Å². The summed E-state index contributed by atoms with van der Waals surface area (Å²) < 4.78 is 42.5. The van der Waals surface area contributed by atoms with Crippen LogP contribution in [0.25, 0.3) is 0 Å². The van der Waals surface area contributed by atoms with Crippen molar-refractivity contribution in [3.05, 3.63) is 52.8 Å². The maximum absolute atomic E-state index is 12.6. The Labute approximate surface area is 128 Å². The minimum Gasteiger partial charge on any atom is -0.444 e. The standard InChI is InChI=1S/C13H9ClF3N3O2/c14-10-6-9(13(15,16)17)18-11(19-10)20-12(21)22-7-8-4-2-1-3-5-8/h1-6H,7H2,(H,18,19,20,21). The molecule has 9 heteroatoms. The third-order valence-electron chi connectivity index (χ3n) is 2.41. The van der Waals surface area contributed by atoms with Crippen LogP contribution in [-0.4, -0.2) is 16.1 Å². The number of hydrogen-bond acceptors (Lipinski definition) is 4. The number of alkyl halides is 3. The van der Waals surface area contributed by atoms with Gasteiger partial charge in [0.25, 0.3) is 0 Å².